The van der Waals surface area contributed by atoms with E-state index < -0.39 is 141 Å². The summed E-state index contributed by atoms with van der Waals surface area (Å²) in [6.07, 6.45) is 2.29. The third-order valence-corrected chi connectivity index (χ3v) is 19.7. The minimum Gasteiger partial charge on any atom is -0.379 e. The standard InChI is InChI=1S/C72H114N12O16S/c1-19-46(8)62(82(16)69(94)60(44(4)5)79-68(93)61(45(6)7)81(14)15)54(98-17)38-58(88)83-36-24-28-53(83)63(99-18)47(9)64(89)77-52(37-48-25-21-20-22-26-48)66(91)80-101(96,97)40-49-29-31-50(32-30-49)75-65(90)51(27-23-35-74-70(73)95)76-67(92)59(43(2)3)78-55(85)39-71(10,11)42-100-72(12,13)41-84-56(86)33-34-57(84)87/h20-22,25-26,29-34,43-47,51-54,59-63H,19,23-24,27-28,35-42H2,1-18H3,(H,75,90)(H,76,92)(H,77,89)(H,78,85)(H,79,93)(H,80,91)(H3,73,74,95)/t46-,47+,51-,52-,53-,54+,59-,60-,61-,62-,63+/m0/s1. The molecule has 2 aromatic carbocycles. The molecule has 9 N–H and O–H groups in total. The van der Waals surface area contributed by atoms with Crippen molar-refractivity contribution in [3.05, 3.63) is 77.9 Å². The van der Waals surface area contributed by atoms with Gasteiger partial charge in [-0.15, -0.1) is 0 Å². The van der Waals surface area contributed by atoms with Crippen LogP contribution in [0.5, 0.6) is 0 Å². The van der Waals surface area contributed by atoms with Crippen LogP contribution in [-0.4, -0.2) is 215 Å². The van der Waals surface area contributed by atoms with Crippen molar-refractivity contribution in [3.63, 3.8) is 0 Å². The molecule has 4 rings (SSSR count). The van der Waals surface area contributed by atoms with Gasteiger partial charge in [0.1, 0.15) is 24.2 Å². The molecule has 0 saturated carbocycles. The van der Waals surface area contributed by atoms with E-state index in [1.54, 1.807) is 95.6 Å². The molecular weight excluding hydrogens is 1320 g/mol. The number of sulfonamides is 1. The number of carbonyl (C=O) groups is 11. The molecule has 1 fully saturated rings. The van der Waals surface area contributed by atoms with Crippen LogP contribution in [0.25, 0.3) is 0 Å². The van der Waals surface area contributed by atoms with Gasteiger partial charge in [0, 0.05) is 65.0 Å². The molecule has 2 aliphatic rings. The zero-order valence-corrected chi connectivity index (χ0v) is 63.2. The van der Waals surface area contributed by atoms with E-state index in [1.807, 2.05) is 60.5 Å². The average Bonchev–Trinajstić information content (AvgIpc) is 1.80. The summed E-state index contributed by atoms with van der Waals surface area (Å²) in [6, 6.07) is 7.33. The molecule has 2 aromatic rings. The Labute approximate surface area is 597 Å². The highest BCUT2D eigenvalue weighted by Gasteiger charge is 2.45. The maximum absolute atomic E-state index is 14.6. The van der Waals surface area contributed by atoms with Gasteiger partial charge in [-0.05, 0) is 106 Å². The molecule has 1 saturated heterocycles. The quantitative estimate of drug-likeness (QED) is 0.0342. The molecule has 2 heterocycles. The molecule has 29 heteroatoms. The number of nitrogens with two attached hydrogens (primary N) is 1. The van der Waals surface area contributed by atoms with Crippen molar-refractivity contribution < 1.29 is 75.4 Å². The van der Waals surface area contributed by atoms with Crippen LogP contribution >= 0.6 is 0 Å². The average molecular weight is 1440 g/mol. The third-order valence-electron chi connectivity index (χ3n) is 18.5. The van der Waals surface area contributed by atoms with E-state index in [2.05, 4.69) is 36.6 Å². The first-order valence-corrected chi connectivity index (χ1v) is 36.5. The topological polar surface area (TPSA) is 373 Å². The second-order valence-electron chi connectivity index (χ2n) is 29.4. The van der Waals surface area contributed by atoms with Gasteiger partial charge in [0.15, 0.2) is 0 Å². The third kappa shape index (κ3) is 26.2. The van der Waals surface area contributed by atoms with Crippen LogP contribution in [-0.2, 0) is 84.4 Å². The maximum atomic E-state index is 14.6. The Hall–Kier alpha value is -7.86. The number of nitrogens with zero attached hydrogens (tertiary/aromatic N) is 4. The van der Waals surface area contributed by atoms with Gasteiger partial charge >= 0.3 is 6.03 Å². The van der Waals surface area contributed by atoms with Crippen molar-refractivity contribution in [2.75, 3.05) is 66.9 Å². The first-order chi connectivity index (χ1) is 47.2. The first kappa shape index (κ1) is 85.6. The Morgan fingerprint density at radius 3 is 1.86 bits per heavy atom. The van der Waals surface area contributed by atoms with E-state index >= 15 is 0 Å². The van der Waals surface area contributed by atoms with Gasteiger partial charge in [-0.2, -0.15) is 0 Å². The SMILES string of the molecule is CC[C@H](C)[C@@H]([C@@H](CC(=O)N1CCC[C@H]1[C@H](OC)[C@@H](C)C(=O)N[C@@H](Cc1ccccc1)C(=O)NS(=O)(=O)Cc1ccc(NC(=O)[C@H](CCCNC(N)=O)NC(=O)[C@@H](NC(=O)CC(C)(C)COC(C)(C)CN2C(=O)C=CC2=O)C(C)C)cc1)OC)N(C)C(=O)[C@@H](NC(=O)[C@H](C(C)C)N(C)C)C(C)C. The number of anilines is 1. The number of primary amides is 1. The number of likely N-dealkylation sites (tertiary alicyclic amines) is 1. The van der Waals surface area contributed by atoms with Gasteiger partial charge in [0.25, 0.3) is 17.7 Å². The van der Waals surface area contributed by atoms with Crippen molar-refractivity contribution in [2.45, 2.75) is 207 Å². The van der Waals surface area contributed by atoms with E-state index in [4.69, 9.17) is 19.9 Å². The zero-order valence-electron chi connectivity index (χ0n) is 62.4. The molecule has 12 amide bonds. The zero-order chi connectivity index (χ0) is 76.0. The fraction of sp³-hybridized carbons (Fsp3) is 0.653. The fourth-order valence-electron chi connectivity index (χ4n) is 12.9. The predicted molar refractivity (Wildman–Crippen MR) is 383 cm³/mol. The smallest absolute Gasteiger partial charge is 0.312 e. The number of benzene rings is 2. The van der Waals surface area contributed by atoms with Gasteiger partial charge in [-0.3, -0.25) is 62.5 Å². The maximum Gasteiger partial charge on any atom is 0.312 e. The van der Waals surface area contributed by atoms with E-state index in [0.29, 0.717) is 31.4 Å². The summed E-state index contributed by atoms with van der Waals surface area (Å²) in [4.78, 5) is 155. The van der Waals surface area contributed by atoms with Crippen molar-refractivity contribution in [1.82, 2.24) is 50.9 Å². The molecule has 28 nitrogen and oxygen atoms in total. The molecule has 0 bridgehead atoms. The summed E-state index contributed by atoms with van der Waals surface area (Å²) in [7, 11) is 3.76. The molecule has 564 valence electrons. The Bertz CT molecular complexity index is 3280. The summed E-state index contributed by atoms with van der Waals surface area (Å²) in [6.45, 7) is 24.1. The highest BCUT2D eigenvalue weighted by Crippen LogP contribution is 2.31. The number of likely N-dealkylation sites (N-methyl/N-ethyl adjacent to an activating group) is 2. The van der Waals surface area contributed by atoms with Crippen LogP contribution in [0.3, 0.4) is 0 Å². The number of methoxy groups -OCH3 is 2. The molecule has 0 unspecified atom stereocenters. The largest absolute Gasteiger partial charge is 0.379 e. The summed E-state index contributed by atoms with van der Waals surface area (Å²) < 4.78 is 48.1. The van der Waals surface area contributed by atoms with E-state index in [1.165, 1.54) is 50.6 Å². The molecular formula is C72H114N12O16S. The summed E-state index contributed by atoms with van der Waals surface area (Å²) in [5.41, 5.74) is 4.56. The molecule has 0 aliphatic carbocycles. The Kier molecular flexibility index (Phi) is 33.0. The number of rotatable bonds is 41. The number of hydrogen-bond donors (Lipinski definition) is 8. The molecule has 101 heavy (non-hydrogen) atoms. The normalized spacial score (nSPS) is 17.3. The van der Waals surface area contributed by atoms with E-state index in [0.717, 1.165) is 4.90 Å². The second kappa shape index (κ2) is 39.0. The lowest BCUT2D eigenvalue weighted by atomic mass is 9.89. The number of imide groups is 1. The highest BCUT2D eigenvalue weighted by molar-refractivity contribution is 7.89. The van der Waals surface area contributed by atoms with Gasteiger partial charge in [0.2, 0.25) is 51.4 Å². The monoisotopic (exact) mass is 1430 g/mol. The van der Waals surface area contributed by atoms with E-state index in [9.17, 15) is 61.2 Å². The van der Waals surface area contributed by atoms with Gasteiger partial charge in [-0.1, -0.05) is 125 Å². The van der Waals surface area contributed by atoms with Crippen LogP contribution < -0.4 is 42.4 Å². The van der Waals surface area contributed by atoms with Crippen molar-refractivity contribution in [1.29, 1.82) is 0 Å². The second-order valence-corrected chi connectivity index (χ2v) is 31.1. The van der Waals surface area contributed by atoms with Crippen LogP contribution in [0.1, 0.15) is 146 Å². The number of urea groups is 1. The lowest BCUT2D eigenvalue weighted by molar-refractivity contribution is -0.148. The minimum absolute atomic E-state index is 0.0101. The van der Waals surface area contributed by atoms with Crippen molar-refractivity contribution in [2.24, 2.45) is 40.7 Å². The first-order valence-electron chi connectivity index (χ1n) is 34.8. The summed E-state index contributed by atoms with van der Waals surface area (Å²) in [5, 5.41) is 16.5. The van der Waals surface area contributed by atoms with Gasteiger partial charge in [0.05, 0.1) is 67.2 Å². The van der Waals surface area contributed by atoms with Crippen LogP contribution in [0, 0.1) is 35.0 Å². The van der Waals surface area contributed by atoms with Gasteiger partial charge < -0.3 is 61.6 Å². The number of amides is 12. The predicted octanol–water partition coefficient (Wildman–Crippen LogP) is 4.16. The Balaban J connectivity index is 1.46. The summed E-state index contributed by atoms with van der Waals surface area (Å²) in [5.74, 6) is -7.86. The fourth-order valence-corrected chi connectivity index (χ4v) is 14.0. The number of carbonyl (C=O) groups excluding carboxylic acids is 11. The molecule has 2 aliphatic heterocycles. The van der Waals surface area contributed by atoms with Crippen LogP contribution in [0.15, 0.2) is 66.7 Å². The molecule has 0 aromatic heterocycles. The Morgan fingerprint density at radius 1 is 0.713 bits per heavy atom. The molecule has 0 radical (unpaired) electrons. The van der Waals surface area contributed by atoms with Crippen LogP contribution in [0.4, 0.5) is 10.5 Å². The minimum atomic E-state index is -4.47. The van der Waals surface area contributed by atoms with Crippen molar-refractivity contribution in [3.8, 4) is 0 Å². The van der Waals surface area contributed by atoms with Crippen molar-refractivity contribution >= 4 is 80.8 Å². The molecule has 11 atom stereocenters. The number of hydrogen-bond acceptors (Lipinski definition) is 17. The highest BCUT2D eigenvalue weighted by atomic mass is 32.2. The number of nitrogens with one attached hydrogen (secondary N) is 7. The van der Waals surface area contributed by atoms with Gasteiger partial charge in [-0.25, -0.2) is 13.2 Å². The lowest BCUT2D eigenvalue weighted by Crippen LogP contribution is -2.59. The molecule has 0 spiro atoms. The Morgan fingerprint density at radius 2 is 1.32 bits per heavy atom. The van der Waals surface area contributed by atoms with E-state index in [-0.39, 0.29) is 98.5 Å². The number of ether oxygens (including phenoxy) is 3. The summed E-state index contributed by atoms with van der Waals surface area (Å²) >= 11 is 0. The van der Waals surface area contributed by atoms with Crippen LogP contribution in [0.2, 0.25) is 0 Å². The lowest BCUT2D eigenvalue weighted by Gasteiger charge is -2.41.